The van der Waals surface area contributed by atoms with Gasteiger partial charge in [0.2, 0.25) is 5.75 Å². The molecule has 4 nitrogen and oxygen atoms in total. The topological polar surface area (TPSA) is 52.4 Å². The Morgan fingerprint density at radius 2 is 1.75 bits per heavy atom. The molecule has 0 saturated carbocycles. The van der Waals surface area contributed by atoms with Gasteiger partial charge in [-0.25, -0.2) is 0 Å². The van der Waals surface area contributed by atoms with Crippen LogP contribution in [0.15, 0.2) is 36.4 Å². The van der Waals surface area contributed by atoms with E-state index in [1.165, 1.54) is 6.07 Å². The van der Waals surface area contributed by atoms with Gasteiger partial charge in [-0.15, -0.1) is 0 Å². The van der Waals surface area contributed by atoms with Crippen LogP contribution >= 0.6 is 15.9 Å². The predicted molar refractivity (Wildman–Crippen MR) is 81.7 cm³/mol. The second-order valence-electron chi connectivity index (χ2n) is 4.58. The first-order valence-corrected chi connectivity index (χ1v) is 7.22. The van der Waals surface area contributed by atoms with Crippen molar-refractivity contribution in [1.29, 1.82) is 0 Å². The Hall–Kier alpha value is -1.88. The standard InChI is InChI=1S/C15H14BrNO3/c1-10-4-6-14(12(7-10)9-16)20-15-8-11(2)3-5-13(15)17(18)19/h3-8H,9H2,1-2H3. The van der Waals surface area contributed by atoms with Crippen LogP contribution in [0, 0.1) is 24.0 Å². The van der Waals surface area contributed by atoms with Gasteiger partial charge < -0.3 is 4.74 Å². The first-order valence-electron chi connectivity index (χ1n) is 6.09. The first kappa shape index (κ1) is 14.5. The lowest BCUT2D eigenvalue weighted by atomic mass is 10.1. The molecule has 0 amide bonds. The normalized spacial score (nSPS) is 10.3. The second kappa shape index (κ2) is 6.05. The van der Waals surface area contributed by atoms with Gasteiger partial charge in [-0.1, -0.05) is 39.7 Å². The van der Waals surface area contributed by atoms with Crippen molar-refractivity contribution in [3.05, 3.63) is 63.2 Å². The number of hydrogen-bond acceptors (Lipinski definition) is 3. The minimum atomic E-state index is -0.434. The Kier molecular flexibility index (Phi) is 4.39. The van der Waals surface area contributed by atoms with Crippen molar-refractivity contribution in [2.45, 2.75) is 19.2 Å². The summed E-state index contributed by atoms with van der Waals surface area (Å²) in [4.78, 5) is 10.6. The number of benzene rings is 2. The molecule has 0 unspecified atom stereocenters. The Morgan fingerprint density at radius 3 is 2.40 bits per heavy atom. The fourth-order valence-corrected chi connectivity index (χ4v) is 2.32. The molecule has 0 atom stereocenters. The molecule has 2 rings (SSSR count). The van der Waals surface area contributed by atoms with Crippen molar-refractivity contribution in [2.24, 2.45) is 0 Å². The van der Waals surface area contributed by atoms with E-state index in [1.807, 2.05) is 32.0 Å². The number of halogens is 1. The van der Waals surface area contributed by atoms with Crippen molar-refractivity contribution in [3.8, 4) is 11.5 Å². The Labute approximate surface area is 125 Å². The van der Waals surface area contributed by atoms with Crippen LogP contribution in [0.1, 0.15) is 16.7 Å². The Bertz CT molecular complexity index is 656. The lowest BCUT2D eigenvalue weighted by molar-refractivity contribution is -0.385. The zero-order valence-electron chi connectivity index (χ0n) is 11.2. The lowest BCUT2D eigenvalue weighted by Gasteiger charge is -2.11. The molecular weight excluding hydrogens is 322 g/mol. The largest absolute Gasteiger partial charge is 0.450 e. The van der Waals surface area contributed by atoms with Crippen molar-refractivity contribution in [2.75, 3.05) is 0 Å². The minimum absolute atomic E-state index is 0.0308. The summed E-state index contributed by atoms with van der Waals surface area (Å²) >= 11 is 3.40. The van der Waals surface area contributed by atoms with E-state index in [0.717, 1.165) is 16.7 Å². The zero-order valence-corrected chi connectivity index (χ0v) is 12.8. The van der Waals surface area contributed by atoms with E-state index in [4.69, 9.17) is 4.74 Å². The van der Waals surface area contributed by atoms with E-state index >= 15 is 0 Å². The van der Waals surface area contributed by atoms with Gasteiger partial charge in [0.25, 0.3) is 0 Å². The average Bonchev–Trinajstić information content (AvgIpc) is 2.40. The van der Waals surface area contributed by atoms with Crippen LogP contribution in [0.4, 0.5) is 5.69 Å². The van der Waals surface area contributed by atoms with E-state index in [1.54, 1.807) is 12.1 Å². The minimum Gasteiger partial charge on any atom is -0.450 e. The molecule has 0 bridgehead atoms. The summed E-state index contributed by atoms with van der Waals surface area (Å²) < 4.78 is 5.76. The Morgan fingerprint density at radius 1 is 1.10 bits per heavy atom. The maximum atomic E-state index is 11.0. The molecule has 0 aromatic heterocycles. The van der Waals surface area contributed by atoms with E-state index in [2.05, 4.69) is 15.9 Å². The zero-order chi connectivity index (χ0) is 14.7. The quantitative estimate of drug-likeness (QED) is 0.453. The van der Waals surface area contributed by atoms with Gasteiger partial charge in [0.05, 0.1) is 4.92 Å². The number of ether oxygens (including phenoxy) is 1. The van der Waals surface area contributed by atoms with Gasteiger partial charge in [-0.2, -0.15) is 0 Å². The van der Waals surface area contributed by atoms with E-state index in [-0.39, 0.29) is 11.4 Å². The molecule has 0 aliphatic heterocycles. The van der Waals surface area contributed by atoms with Gasteiger partial charge >= 0.3 is 5.69 Å². The average molecular weight is 336 g/mol. The summed E-state index contributed by atoms with van der Waals surface area (Å²) in [6, 6.07) is 10.6. The van der Waals surface area contributed by atoms with Gasteiger partial charge in [0.1, 0.15) is 5.75 Å². The fraction of sp³-hybridized carbons (Fsp3) is 0.200. The highest BCUT2D eigenvalue weighted by Crippen LogP contribution is 2.34. The van der Waals surface area contributed by atoms with Gasteiger partial charge in [-0.05, 0) is 31.5 Å². The third kappa shape index (κ3) is 3.17. The third-order valence-corrected chi connectivity index (χ3v) is 3.50. The maximum absolute atomic E-state index is 11.0. The summed E-state index contributed by atoms with van der Waals surface area (Å²) in [6.45, 7) is 3.86. The highest BCUT2D eigenvalue weighted by atomic mass is 79.9. The maximum Gasteiger partial charge on any atom is 0.311 e. The van der Waals surface area contributed by atoms with Crippen LogP contribution in [0.25, 0.3) is 0 Å². The summed E-state index contributed by atoms with van der Waals surface area (Å²) in [5, 5.41) is 11.7. The summed E-state index contributed by atoms with van der Waals surface area (Å²) in [7, 11) is 0. The molecule has 0 radical (unpaired) electrons. The number of nitro benzene ring substituents is 1. The van der Waals surface area contributed by atoms with E-state index in [9.17, 15) is 10.1 Å². The molecule has 2 aromatic carbocycles. The smallest absolute Gasteiger partial charge is 0.311 e. The number of rotatable bonds is 4. The molecule has 0 N–H and O–H groups in total. The van der Waals surface area contributed by atoms with Gasteiger partial charge in [0.15, 0.2) is 0 Å². The number of nitrogens with zero attached hydrogens (tertiary/aromatic N) is 1. The fourth-order valence-electron chi connectivity index (χ4n) is 1.88. The molecule has 20 heavy (non-hydrogen) atoms. The second-order valence-corrected chi connectivity index (χ2v) is 5.14. The monoisotopic (exact) mass is 335 g/mol. The third-order valence-electron chi connectivity index (χ3n) is 2.89. The van der Waals surface area contributed by atoms with Crippen LogP contribution in [0.5, 0.6) is 11.5 Å². The number of hydrogen-bond donors (Lipinski definition) is 0. The van der Waals surface area contributed by atoms with E-state index in [0.29, 0.717) is 11.1 Å². The molecule has 0 heterocycles. The molecule has 0 saturated heterocycles. The SMILES string of the molecule is Cc1ccc(Oc2cc(C)ccc2[N+](=O)[O-])c(CBr)c1. The highest BCUT2D eigenvalue weighted by Gasteiger charge is 2.16. The number of alkyl halides is 1. The lowest BCUT2D eigenvalue weighted by Crippen LogP contribution is -1.96. The first-order chi connectivity index (χ1) is 9.51. The molecule has 0 aliphatic rings. The highest BCUT2D eigenvalue weighted by molar-refractivity contribution is 9.08. The number of nitro groups is 1. The van der Waals surface area contributed by atoms with Crippen LogP contribution in [-0.2, 0) is 5.33 Å². The van der Waals surface area contributed by atoms with Crippen LogP contribution in [-0.4, -0.2) is 4.92 Å². The molecule has 104 valence electrons. The van der Waals surface area contributed by atoms with Gasteiger partial charge in [0, 0.05) is 17.0 Å². The molecule has 0 aliphatic carbocycles. The summed E-state index contributed by atoms with van der Waals surface area (Å²) in [6.07, 6.45) is 0. The molecule has 0 fully saturated rings. The van der Waals surface area contributed by atoms with Crippen LogP contribution < -0.4 is 4.74 Å². The van der Waals surface area contributed by atoms with E-state index < -0.39 is 4.92 Å². The molecule has 5 heteroatoms. The Balaban J connectivity index is 2.44. The molecule has 0 spiro atoms. The van der Waals surface area contributed by atoms with Crippen molar-refractivity contribution in [3.63, 3.8) is 0 Å². The van der Waals surface area contributed by atoms with Crippen LogP contribution in [0.2, 0.25) is 0 Å². The van der Waals surface area contributed by atoms with Crippen molar-refractivity contribution in [1.82, 2.24) is 0 Å². The molecule has 2 aromatic rings. The van der Waals surface area contributed by atoms with Crippen molar-refractivity contribution < 1.29 is 9.66 Å². The predicted octanol–water partition coefficient (Wildman–Crippen LogP) is 4.90. The van der Waals surface area contributed by atoms with Gasteiger partial charge in [-0.3, -0.25) is 10.1 Å². The van der Waals surface area contributed by atoms with Crippen LogP contribution in [0.3, 0.4) is 0 Å². The summed E-state index contributed by atoms with van der Waals surface area (Å²) in [5.74, 6) is 0.891. The molecular formula is C15H14BrNO3. The van der Waals surface area contributed by atoms with Crippen molar-refractivity contribution >= 4 is 21.6 Å². The number of aryl methyl sites for hydroxylation is 2. The summed E-state index contributed by atoms with van der Waals surface area (Å²) in [5.41, 5.74) is 2.96.